The first-order valence-electron chi connectivity index (χ1n) is 9.61. The fraction of sp³-hybridized carbons (Fsp3) is 0.409. The van der Waals surface area contributed by atoms with Crippen molar-refractivity contribution in [2.75, 3.05) is 19.8 Å². The van der Waals surface area contributed by atoms with E-state index in [-0.39, 0.29) is 30.2 Å². The van der Waals surface area contributed by atoms with Crippen LogP contribution in [0.1, 0.15) is 29.9 Å². The predicted octanol–water partition coefficient (Wildman–Crippen LogP) is 3.16. The summed E-state index contributed by atoms with van der Waals surface area (Å²) in [5.41, 5.74) is 4.87. The summed E-state index contributed by atoms with van der Waals surface area (Å²) in [7, 11) is 0. The van der Waals surface area contributed by atoms with Gasteiger partial charge < -0.3 is 14.6 Å². The summed E-state index contributed by atoms with van der Waals surface area (Å²) < 4.78 is 11.4. The molecule has 140 valence electrons. The van der Waals surface area contributed by atoms with Gasteiger partial charge in [0.25, 0.3) is 0 Å². The molecule has 1 aliphatic carbocycles. The maximum absolute atomic E-state index is 12.9. The molecular formula is C22H23NO4. The van der Waals surface area contributed by atoms with Crippen LogP contribution in [0.4, 0.5) is 4.79 Å². The second-order valence-corrected chi connectivity index (χ2v) is 7.68. The molecule has 0 spiro atoms. The summed E-state index contributed by atoms with van der Waals surface area (Å²) in [6.07, 6.45) is 0.463. The van der Waals surface area contributed by atoms with Gasteiger partial charge in [-0.25, -0.2) is 4.79 Å². The van der Waals surface area contributed by atoms with E-state index in [1.807, 2.05) is 24.3 Å². The minimum Gasteiger partial charge on any atom is -0.448 e. The number of benzene rings is 2. The van der Waals surface area contributed by atoms with Crippen LogP contribution < -0.4 is 0 Å². The van der Waals surface area contributed by atoms with Crippen LogP contribution in [0, 0.1) is 0 Å². The van der Waals surface area contributed by atoms with Gasteiger partial charge in [-0.1, -0.05) is 48.5 Å². The van der Waals surface area contributed by atoms with Gasteiger partial charge in [-0.05, 0) is 35.1 Å². The van der Waals surface area contributed by atoms with Crippen molar-refractivity contribution in [2.45, 2.75) is 36.9 Å². The minimum absolute atomic E-state index is 0.0628. The number of rotatable bonds is 2. The maximum Gasteiger partial charge on any atom is 0.410 e. The van der Waals surface area contributed by atoms with Gasteiger partial charge in [0.1, 0.15) is 6.61 Å². The molecule has 3 aliphatic rings. The van der Waals surface area contributed by atoms with Gasteiger partial charge >= 0.3 is 6.09 Å². The largest absolute Gasteiger partial charge is 0.448 e. The van der Waals surface area contributed by atoms with Crippen molar-refractivity contribution in [1.29, 1.82) is 0 Å². The van der Waals surface area contributed by atoms with Crippen LogP contribution in [-0.2, 0) is 9.47 Å². The van der Waals surface area contributed by atoms with E-state index in [2.05, 4.69) is 24.3 Å². The fourth-order valence-corrected chi connectivity index (χ4v) is 4.85. The lowest BCUT2D eigenvalue weighted by Crippen LogP contribution is -2.60. The second-order valence-electron chi connectivity index (χ2n) is 7.68. The number of hydrogen-bond donors (Lipinski definition) is 1. The highest BCUT2D eigenvalue weighted by atomic mass is 16.6. The molecule has 2 aliphatic heterocycles. The van der Waals surface area contributed by atoms with E-state index in [1.54, 1.807) is 4.90 Å². The molecule has 2 bridgehead atoms. The molecular weight excluding hydrogens is 342 g/mol. The first-order chi connectivity index (χ1) is 13.2. The monoisotopic (exact) mass is 365 g/mol. The smallest absolute Gasteiger partial charge is 0.410 e. The Morgan fingerprint density at radius 2 is 1.56 bits per heavy atom. The molecule has 2 heterocycles. The Morgan fingerprint density at radius 3 is 2.15 bits per heavy atom. The van der Waals surface area contributed by atoms with E-state index >= 15 is 0 Å². The number of ether oxygens (including phenoxy) is 2. The average Bonchev–Trinajstić information content (AvgIpc) is 2.99. The van der Waals surface area contributed by atoms with E-state index in [0.717, 1.165) is 0 Å². The molecule has 2 fully saturated rings. The molecule has 2 saturated heterocycles. The molecule has 5 rings (SSSR count). The standard InChI is InChI=1S/C22H23NO4/c24-16-9-14-11-26-12-15(10-16)23(14)22(25)27-13-21-19-7-3-1-5-17(19)18-6-2-4-8-20(18)21/h1-8,14-16,21,24H,9-13H2. The topological polar surface area (TPSA) is 59.0 Å². The first-order valence-corrected chi connectivity index (χ1v) is 9.61. The van der Waals surface area contributed by atoms with Crippen LogP contribution in [0.3, 0.4) is 0 Å². The Labute approximate surface area is 158 Å². The van der Waals surface area contributed by atoms with Crippen molar-refractivity contribution in [3.05, 3.63) is 59.7 Å². The lowest BCUT2D eigenvalue weighted by atomic mass is 9.92. The molecule has 1 amide bonds. The summed E-state index contributed by atoms with van der Waals surface area (Å²) in [4.78, 5) is 14.7. The number of fused-ring (bicyclic) bond motifs is 5. The van der Waals surface area contributed by atoms with Crippen molar-refractivity contribution in [2.24, 2.45) is 0 Å². The lowest BCUT2D eigenvalue weighted by Gasteiger charge is -2.46. The van der Waals surface area contributed by atoms with Crippen LogP contribution in [0.2, 0.25) is 0 Å². The van der Waals surface area contributed by atoms with E-state index in [1.165, 1.54) is 22.3 Å². The van der Waals surface area contributed by atoms with Crippen molar-refractivity contribution >= 4 is 6.09 Å². The highest BCUT2D eigenvalue weighted by Gasteiger charge is 2.42. The Balaban J connectivity index is 1.35. The third-order valence-corrected chi connectivity index (χ3v) is 6.04. The number of aliphatic hydroxyl groups is 1. The van der Waals surface area contributed by atoms with Gasteiger partial charge in [-0.3, -0.25) is 4.90 Å². The SMILES string of the molecule is O=C(OCC1c2ccccc2-c2ccccc21)N1C2COCC1CC(O)C2. The van der Waals surface area contributed by atoms with Gasteiger partial charge in [0.15, 0.2) is 0 Å². The summed E-state index contributed by atoms with van der Waals surface area (Å²) >= 11 is 0. The highest BCUT2D eigenvalue weighted by Crippen LogP contribution is 2.44. The Bertz CT molecular complexity index is 807. The van der Waals surface area contributed by atoms with Crippen molar-refractivity contribution in [1.82, 2.24) is 4.90 Å². The maximum atomic E-state index is 12.9. The molecule has 0 aromatic heterocycles. The third kappa shape index (κ3) is 2.82. The number of amides is 1. The van der Waals surface area contributed by atoms with Gasteiger partial charge in [0, 0.05) is 5.92 Å². The zero-order chi connectivity index (χ0) is 18.4. The molecule has 5 heteroatoms. The van der Waals surface area contributed by atoms with Gasteiger partial charge in [-0.15, -0.1) is 0 Å². The zero-order valence-corrected chi connectivity index (χ0v) is 15.1. The van der Waals surface area contributed by atoms with Crippen molar-refractivity contribution < 1.29 is 19.4 Å². The van der Waals surface area contributed by atoms with Gasteiger partial charge in [0.2, 0.25) is 0 Å². The zero-order valence-electron chi connectivity index (χ0n) is 15.1. The molecule has 2 aromatic rings. The van der Waals surface area contributed by atoms with Crippen LogP contribution in [0.25, 0.3) is 11.1 Å². The number of carbonyl (C=O) groups is 1. The lowest BCUT2D eigenvalue weighted by molar-refractivity contribution is -0.0948. The number of piperidine rings is 1. The quantitative estimate of drug-likeness (QED) is 0.888. The summed E-state index contributed by atoms with van der Waals surface area (Å²) in [6, 6.07) is 16.5. The van der Waals surface area contributed by atoms with Gasteiger partial charge in [-0.2, -0.15) is 0 Å². The Morgan fingerprint density at radius 1 is 1.00 bits per heavy atom. The molecule has 0 saturated carbocycles. The van der Waals surface area contributed by atoms with Crippen LogP contribution >= 0.6 is 0 Å². The Kier molecular flexibility index (Phi) is 4.14. The normalized spacial score (nSPS) is 26.4. The molecule has 0 radical (unpaired) electrons. The first kappa shape index (κ1) is 16.8. The number of carbonyl (C=O) groups excluding carboxylic acids is 1. The molecule has 2 unspecified atom stereocenters. The van der Waals surface area contributed by atoms with E-state index in [4.69, 9.17) is 9.47 Å². The highest BCUT2D eigenvalue weighted by molar-refractivity contribution is 5.79. The summed E-state index contributed by atoms with van der Waals surface area (Å²) in [6.45, 7) is 1.27. The fourth-order valence-electron chi connectivity index (χ4n) is 4.85. The third-order valence-electron chi connectivity index (χ3n) is 6.04. The van der Waals surface area contributed by atoms with Crippen molar-refractivity contribution in [3.8, 4) is 11.1 Å². The molecule has 27 heavy (non-hydrogen) atoms. The Hall–Kier alpha value is -2.37. The second kappa shape index (κ2) is 6.66. The van der Waals surface area contributed by atoms with Crippen LogP contribution in [0.5, 0.6) is 0 Å². The van der Waals surface area contributed by atoms with Crippen molar-refractivity contribution in [3.63, 3.8) is 0 Å². The van der Waals surface area contributed by atoms with E-state index in [0.29, 0.717) is 32.7 Å². The number of hydrogen-bond acceptors (Lipinski definition) is 4. The molecule has 2 aromatic carbocycles. The minimum atomic E-state index is -0.360. The van der Waals surface area contributed by atoms with Gasteiger partial charge in [0.05, 0.1) is 31.4 Å². The van der Waals surface area contributed by atoms with Crippen LogP contribution in [0.15, 0.2) is 48.5 Å². The number of morpholine rings is 1. The summed E-state index contributed by atoms with van der Waals surface area (Å²) in [5.74, 6) is 0.0628. The summed E-state index contributed by atoms with van der Waals surface area (Å²) in [5, 5.41) is 10.0. The van der Waals surface area contributed by atoms with E-state index in [9.17, 15) is 9.90 Å². The predicted molar refractivity (Wildman–Crippen MR) is 101 cm³/mol. The molecule has 1 N–H and O–H groups in total. The number of aliphatic hydroxyl groups excluding tert-OH is 1. The van der Waals surface area contributed by atoms with Crippen LogP contribution in [-0.4, -0.2) is 54.1 Å². The number of nitrogens with zero attached hydrogens (tertiary/aromatic N) is 1. The average molecular weight is 365 g/mol. The van der Waals surface area contributed by atoms with E-state index < -0.39 is 0 Å². The molecule has 5 nitrogen and oxygen atoms in total. The molecule has 2 atom stereocenters.